The van der Waals surface area contributed by atoms with E-state index in [9.17, 15) is 4.79 Å². The zero-order valence-corrected chi connectivity index (χ0v) is 15.6. The highest BCUT2D eigenvalue weighted by Crippen LogP contribution is 2.18. The molecule has 1 aliphatic rings. The molecule has 2 aromatic rings. The largest absolute Gasteiger partial charge is 0.354 e. The number of carbonyl (C=O) groups excluding carboxylic acids is 1. The summed E-state index contributed by atoms with van der Waals surface area (Å²) in [6.45, 7) is 8.85. The van der Waals surface area contributed by atoms with Gasteiger partial charge in [-0.25, -0.2) is 4.98 Å². The summed E-state index contributed by atoms with van der Waals surface area (Å²) in [7, 11) is 0. The summed E-state index contributed by atoms with van der Waals surface area (Å²) < 4.78 is 0. The molecular weight excluding hydrogens is 332 g/mol. The van der Waals surface area contributed by atoms with Crippen LogP contribution in [-0.2, 0) is 11.3 Å². The lowest BCUT2D eigenvalue weighted by Crippen LogP contribution is -2.46. The molecule has 0 unspecified atom stereocenters. The summed E-state index contributed by atoms with van der Waals surface area (Å²) >= 11 is 1.75. The van der Waals surface area contributed by atoms with E-state index in [1.54, 1.807) is 23.6 Å². The van der Waals surface area contributed by atoms with Crippen LogP contribution in [0, 0.1) is 0 Å². The van der Waals surface area contributed by atoms with Gasteiger partial charge in [0.25, 0.3) is 0 Å². The second-order valence-corrected chi connectivity index (χ2v) is 7.29. The lowest BCUT2D eigenvalue weighted by Gasteiger charge is -2.35. The number of allylic oxidation sites excluding steroid dienone is 1. The number of piperazine rings is 1. The van der Waals surface area contributed by atoms with Crippen LogP contribution in [0.5, 0.6) is 0 Å². The van der Waals surface area contributed by atoms with Gasteiger partial charge in [0, 0.05) is 38.8 Å². The zero-order chi connectivity index (χ0) is 17.6. The molecule has 0 saturated carbocycles. The first-order valence-electron chi connectivity index (χ1n) is 8.50. The molecule has 0 atom stereocenters. The number of hydrogen-bond donors (Lipinski definition) is 1. The van der Waals surface area contributed by atoms with Crippen molar-refractivity contribution in [3.05, 3.63) is 52.4 Å². The van der Waals surface area contributed by atoms with E-state index in [1.165, 1.54) is 5.56 Å². The molecule has 0 bridgehead atoms. The summed E-state index contributed by atoms with van der Waals surface area (Å²) in [4.78, 5) is 21.0. The molecule has 2 aromatic heterocycles. The van der Waals surface area contributed by atoms with Crippen molar-refractivity contribution in [2.75, 3.05) is 36.4 Å². The third kappa shape index (κ3) is 5.14. The van der Waals surface area contributed by atoms with Crippen LogP contribution < -0.4 is 10.2 Å². The maximum atomic E-state index is 11.7. The van der Waals surface area contributed by atoms with Crippen LogP contribution in [0.2, 0.25) is 0 Å². The van der Waals surface area contributed by atoms with Crippen LogP contribution in [-0.4, -0.2) is 42.0 Å². The Balaban J connectivity index is 1.51. The van der Waals surface area contributed by atoms with Crippen molar-refractivity contribution in [1.82, 2.24) is 9.88 Å². The fraction of sp³-hybridized carbons (Fsp3) is 0.368. The predicted octanol–water partition coefficient (Wildman–Crippen LogP) is 3.37. The second kappa shape index (κ2) is 8.27. The van der Waals surface area contributed by atoms with Crippen LogP contribution in [0.15, 0.2) is 46.8 Å². The van der Waals surface area contributed by atoms with Gasteiger partial charge in [-0.1, -0.05) is 5.57 Å². The molecular formula is C19H24N4OS. The van der Waals surface area contributed by atoms with Gasteiger partial charge in [0.15, 0.2) is 0 Å². The molecule has 3 rings (SSSR count). The fourth-order valence-corrected chi connectivity index (χ4v) is 3.52. The molecule has 0 spiro atoms. The van der Waals surface area contributed by atoms with E-state index in [0.717, 1.165) is 49.8 Å². The predicted molar refractivity (Wildman–Crippen MR) is 104 cm³/mol. The highest BCUT2D eigenvalue weighted by atomic mass is 32.1. The summed E-state index contributed by atoms with van der Waals surface area (Å²) in [5.41, 5.74) is 3.10. The third-order valence-electron chi connectivity index (χ3n) is 4.12. The minimum absolute atomic E-state index is 0.114. The fourth-order valence-electron chi connectivity index (χ4n) is 2.86. The van der Waals surface area contributed by atoms with Crippen molar-refractivity contribution < 1.29 is 4.79 Å². The Hall–Kier alpha value is -2.18. The van der Waals surface area contributed by atoms with Crippen LogP contribution >= 0.6 is 11.3 Å². The smallest absolute Gasteiger partial charge is 0.248 e. The number of amides is 1. The topological polar surface area (TPSA) is 48.5 Å². The molecule has 132 valence electrons. The van der Waals surface area contributed by atoms with Gasteiger partial charge in [-0.05, 0) is 48.4 Å². The summed E-state index contributed by atoms with van der Waals surface area (Å²) in [5.74, 6) is 0.854. The van der Waals surface area contributed by atoms with Crippen LogP contribution in [0.1, 0.15) is 19.4 Å². The zero-order valence-electron chi connectivity index (χ0n) is 14.7. The highest BCUT2D eigenvalue weighted by molar-refractivity contribution is 7.07. The number of rotatable bonds is 5. The van der Waals surface area contributed by atoms with Gasteiger partial charge in [0.1, 0.15) is 5.82 Å². The number of nitrogens with one attached hydrogen (secondary N) is 1. The van der Waals surface area contributed by atoms with E-state index in [-0.39, 0.29) is 5.91 Å². The van der Waals surface area contributed by atoms with Crippen molar-refractivity contribution in [2.45, 2.75) is 20.4 Å². The SMILES string of the molecule is CC(C)=CC(=O)Nc1ccc(N2CCN(Cc3ccsc3)CC2)nc1. The second-order valence-electron chi connectivity index (χ2n) is 6.51. The van der Waals surface area contributed by atoms with Crippen LogP contribution in [0.4, 0.5) is 11.5 Å². The van der Waals surface area contributed by atoms with Crippen LogP contribution in [0.25, 0.3) is 0 Å². The van der Waals surface area contributed by atoms with Crippen molar-refractivity contribution >= 4 is 28.7 Å². The van der Waals surface area contributed by atoms with Gasteiger partial charge in [0.2, 0.25) is 5.91 Å². The van der Waals surface area contributed by atoms with E-state index in [0.29, 0.717) is 0 Å². The first kappa shape index (κ1) is 17.6. The average Bonchev–Trinajstić information content (AvgIpc) is 3.08. The number of anilines is 2. The maximum Gasteiger partial charge on any atom is 0.248 e. The van der Waals surface area contributed by atoms with Gasteiger partial charge in [-0.2, -0.15) is 11.3 Å². The highest BCUT2D eigenvalue weighted by Gasteiger charge is 2.18. The summed E-state index contributed by atoms with van der Waals surface area (Å²) in [5, 5.41) is 7.18. The molecule has 25 heavy (non-hydrogen) atoms. The Labute approximate surface area is 153 Å². The quantitative estimate of drug-likeness (QED) is 0.835. The average molecular weight is 356 g/mol. The number of thiophene rings is 1. The van der Waals surface area contributed by atoms with E-state index < -0.39 is 0 Å². The van der Waals surface area contributed by atoms with Gasteiger partial charge in [-0.15, -0.1) is 0 Å². The Morgan fingerprint density at radius 3 is 2.64 bits per heavy atom. The molecule has 6 heteroatoms. The summed E-state index contributed by atoms with van der Waals surface area (Å²) in [6.07, 6.45) is 3.31. The standard InChI is InChI=1S/C19H24N4OS/c1-15(2)11-19(24)21-17-3-4-18(20-12-17)23-8-6-22(7-9-23)13-16-5-10-25-14-16/h3-5,10-12,14H,6-9,13H2,1-2H3,(H,21,24). The molecule has 1 fully saturated rings. The van der Waals surface area contributed by atoms with E-state index in [4.69, 9.17) is 0 Å². The monoisotopic (exact) mass is 356 g/mol. The van der Waals surface area contributed by atoms with E-state index in [2.05, 4.69) is 36.9 Å². The Morgan fingerprint density at radius 1 is 1.24 bits per heavy atom. The number of carbonyl (C=O) groups is 1. The molecule has 3 heterocycles. The lowest BCUT2D eigenvalue weighted by atomic mass is 10.2. The molecule has 0 aliphatic carbocycles. The number of pyridine rings is 1. The molecule has 1 amide bonds. The van der Waals surface area contributed by atoms with Crippen molar-refractivity contribution in [2.24, 2.45) is 0 Å². The van der Waals surface area contributed by atoms with Crippen molar-refractivity contribution in [3.8, 4) is 0 Å². The number of nitrogens with zero attached hydrogens (tertiary/aromatic N) is 3. The Kier molecular flexibility index (Phi) is 5.83. The van der Waals surface area contributed by atoms with Gasteiger partial charge in [0.05, 0.1) is 11.9 Å². The molecule has 1 saturated heterocycles. The molecule has 5 nitrogen and oxygen atoms in total. The van der Waals surface area contributed by atoms with Gasteiger partial charge in [-0.3, -0.25) is 9.69 Å². The van der Waals surface area contributed by atoms with Gasteiger partial charge < -0.3 is 10.2 Å². The first-order chi connectivity index (χ1) is 12.1. The first-order valence-corrected chi connectivity index (χ1v) is 9.45. The number of aromatic nitrogens is 1. The van der Waals surface area contributed by atoms with E-state index in [1.807, 2.05) is 26.0 Å². The molecule has 1 aliphatic heterocycles. The van der Waals surface area contributed by atoms with Crippen LogP contribution in [0.3, 0.4) is 0 Å². The molecule has 1 N–H and O–H groups in total. The normalized spacial score (nSPS) is 15.0. The van der Waals surface area contributed by atoms with Gasteiger partial charge >= 0.3 is 0 Å². The van der Waals surface area contributed by atoms with Crippen molar-refractivity contribution in [3.63, 3.8) is 0 Å². The third-order valence-corrected chi connectivity index (χ3v) is 4.85. The van der Waals surface area contributed by atoms with E-state index >= 15 is 0 Å². The molecule has 0 radical (unpaired) electrons. The minimum Gasteiger partial charge on any atom is -0.354 e. The van der Waals surface area contributed by atoms with Crippen molar-refractivity contribution in [1.29, 1.82) is 0 Å². The minimum atomic E-state index is -0.114. The maximum absolute atomic E-state index is 11.7. The Morgan fingerprint density at radius 2 is 2.04 bits per heavy atom. The molecule has 0 aromatic carbocycles. The number of hydrogen-bond acceptors (Lipinski definition) is 5. The lowest BCUT2D eigenvalue weighted by molar-refractivity contribution is -0.111. The summed E-state index contributed by atoms with van der Waals surface area (Å²) in [6, 6.07) is 6.09. The Bertz CT molecular complexity index is 712.